The monoisotopic (exact) mass is 429 g/mol. The van der Waals surface area contributed by atoms with Crippen LogP contribution in [-0.4, -0.2) is 60.3 Å². The summed E-state index contributed by atoms with van der Waals surface area (Å²) < 4.78 is 27.1. The van der Waals surface area contributed by atoms with Gasteiger partial charge < -0.3 is 15.1 Å². The van der Waals surface area contributed by atoms with Crippen molar-refractivity contribution >= 4 is 28.4 Å². The van der Waals surface area contributed by atoms with Crippen molar-refractivity contribution in [3.63, 3.8) is 0 Å². The summed E-state index contributed by atoms with van der Waals surface area (Å²) in [6, 6.07) is 7.73. The van der Waals surface area contributed by atoms with E-state index in [1.807, 2.05) is 25.2 Å². The summed E-state index contributed by atoms with van der Waals surface area (Å²) in [5.41, 5.74) is 1.91. The standard InChI is InChI=1S/C22H25F2N5O2/c1-3-4-9-28(2)15-5-6-19-18(10-15)17(7-8-26-19)21(31)27-13-20(30)29-14-22(23,24)11-16(29)12-25/h5-8,10,16H,3-4,9,11,13-14H2,1-2H3,(H,27,31)/t16-/m0/s1. The number of benzene rings is 1. The Balaban J connectivity index is 1.75. The first-order valence-electron chi connectivity index (χ1n) is 10.2. The van der Waals surface area contributed by atoms with E-state index in [1.54, 1.807) is 12.1 Å². The van der Waals surface area contributed by atoms with Crippen LogP contribution in [0.3, 0.4) is 0 Å². The van der Waals surface area contributed by atoms with E-state index in [1.165, 1.54) is 6.20 Å². The summed E-state index contributed by atoms with van der Waals surface area (Å²) in [7, 11) is 1.98. The zero-order valence-corrected chi connectivity index (χ0v) is 17.6. The molecule has 164 valence electrons. The van der Waals surface area contributed by atoms with Gasteiger partial charge in [-0.3, -0.25) is 14.6 Å². The Labute approximate surface area is 179 Å². The molecule has 9 heteroatoms. The van der Waals surface area contributed by atoms with Crippen LogP contribution in [0.1, 0.15) is 36.5 Å². The molecule has 2 amide bonds. The minimum Gasteiger partial charge on any atom is -0.375 e. The quantitative estimate of drug-likeness (QED) is 0.731. The Bertz CT molecular complexity index is 1020. The third kappa shape index (κ3) is 5.08. The molecule has 0 bridgehead atoms. The lowest BCUT2D eigenvalue weighted by atomic mass is 10.1. The summed E-state index contributed by atoms with van der Waals surface area (Å²) in [5.74, 6) is -4.31. The van der Waals surface area contributed by atoms with Gasteiger partial charge in [0.1, 0.15) is 6.04 Å². The number of hydrogen-bond acceptors (Lipinski definition) is 5. The van der Waals surface area contributed by atoms with Crippen molar-refractivity contribution in [2.45, 2.75) is 38.2 Å². The highest BCUT2D eigenvalue weighted by Gasteiger charge is 2.47. The topological polar surface area (TPSA) is 89.3 Å². The molecule has 1 atom stereocenters. The predicted molar refractivity (Wildman–Crippen MR) is 113 cm³/mol. The van der Waals surface area contributed by atoms with Gasteiger partial charge in [0.2, 0.25) is 5.91 Å². The van der Waals surface area contributed by atoms with E-state index in [2.05, 4.69) is 22.1 Å². The van der Waals surface area contributed by atoms with Gasteiger partial charge in [0.15, 0.2) is 0 Å². The highest BCUT2D eigenvalue weighted by molar-refractivity contribution is 6.07. The number of pyridine rings is 1. The molecule has 31 heavy (non-hydrogen) atoms. The minimum atomic E-state index is -3.10. The number of fused-ring (bicyclic) bond motifs is 1. The second kappa shape index (κ2) is 9.25. The second-order valence-electron chi connectivity index (χ2n) is 7.74. The Kier molecular flexibility index (Phi) is 6.68. The fourth-order valence-electron chi connectivity index (χ4n) is 3.64. The lowest BCUT2D eigenvalue weighted by Gasteiger charge is -2.20. The molecule has 0 radical (unpaired) electrons. The third-order valence-corrected chi connectivity index (χ3v) is 5.40. The molecule has 1 N–H and O–H groups in total. The van der Waals surface area contributed by atoms with Crippen LogP contribution in [0.15, 0.2) is 30.5 Å². The van der Waals surface area contributed by atoms with Gasteiger partial charge in [0.25, 0.3) is 11.8 Å². The van der Waals surface area contributed by atoms with E-state index in [9.17, 15) is 18.4 Å². The Morgan fingerprint density at radius 3 is 2.87 bits per heavy atom. The van der Waals surface area contributed by atoms with Gasteiger partial charge in [-0.15, -0.1) is 0 Å². The largest absolute Gasteiger partial charge is 0.375 e. The van der Waals surface area contributed by atoms with Gasteiger partial charge in [-0.05, 0) is 30.7 Å². The maximum absolute atomic E-state index is 13.6. The summed E-state index contributed by atoms with van der Waals surface area (Å²) in [6.45, 7) is 1.71. The van der Waals surface area contributed by atoms with Crippen LogP contribution in [0.2, 0.25) is 0 Å². The number of alkyl halides is 2. The fraction of sp³-hybridized carbons (Fsp3) is 0.455. The van der Waals surface area contributed by atoms with Crippen LogP contribution in [0.4, 0.5) is 14.5 Å². The molecule has 1 aliphatic heterocycles. The van der Waals surface area contributed by atoms with Crippen LogP contribution in [0.5, 0.6) is 0 Å². The number of nitriles is 1. The Morgan fingerprint density at radius 2 is 2.16 bits per heavy atom. The molecule has 0 unspecified atom stereocenters. The van der Waals surface area contributed by atoms with Crippen molar-refractivity contribution < 1.29 is 18.4 Å². The van der Waals surface area contributed by atoms with Gasteiger partial charge in [-0.25, -0.2) is 8.78 Å². The number of hydrogen-bond donors (Lipinski definition) is 1. The van der Waals surface area contributed by atoms with Gasteiger partial charge in [0.05, 0.1) is 30.2 Å². The number of anilines is 1. The molecular formula is C22H25F2N5O2. The summed E-state index contributed by atoms with van der Waals surface area (Å²) in [5, 5.41) is 12.2. The van der Waals surface area contributed by atoms with Crippen molar-refractivity contribution in [3.05, 3.63) is 36.0 Å². The zero-order chi connectivity index (χ0) is 22.6. The molecule has 0 saturated carbocycles. The van der Waals surface area contributed by atoms with Crippen molar-refractivity contribution in [2.24, 2.45) is 0 Å². The number of carbonyl (C=O) groups is 2. The van der Waals surface area contributed by atoms with Crippen LogP contribution >= 0.6 is 0 Å². The summed E-state index contributed by atoms with van der Waals surface area (Å²) in [6.07, 6.45) is 2.92. The van der Waals surface area contributed by atoms with E-state index in [-0.39, 0.29) is 0 Å². The number of unbranched alkanes of at least 4 members (excludes halogenated alkanes) is 1. The van der Waals surface area contributed by atoms with Crippen LogP contribution in [0, 0.1) is 11.3 Å². The number of likely N-dealkylation sites (tertiary alicyclic amines) is 1. The number of nitrogens with one attached hydrogen (secondary N) is 1. The van der Waals surface area contributed by atoms with Gasteiger partial charge in [-0.1, -0.05) is 13.3 Å². The van der Waals surface area contributed by atoms with Crippen molar-refractivity contribution in [3.8, 4) is 6.07 Å². The number of amides is 2. The van der Waals surface area contributed by atoms with E-state index in [0.717, 1.165) is 30.0 Å². The van der Waals surface area contributed by atoms with Crippen LogP contribution in [0.25, 0.3) is 10.9 Å². The first-order chi connectivity index (χ1) is 14.8. The molecule has 1 aliphatic rings. The molecule has 1 aromatic heterocycles. The predicted octanol–water partition coefficient (Wildman–Crippen LogP) is 2.96. The number of rotatable bonds is 7. The number of aromatic nitrogens is 1. The molecule has 2 aromatic rings. The van der Waals surface area contributed by atoms with E-state index in [4.69, 9.17) is 5.26 Å². The minimum absolute atomic E-state index is 0.340. The lowest BCUT2D eigenvalue weighted by Crippen LogP contribution is -2.43. The molecule has 2 heterocycles. The van der Waals surface area contributed by atoms with E-state index >= 15 is 0 Å². The average Bonchev–Trinajstić information content (AvgIpc) is 3.09. The van der Waals surface area contributed by atoms with E-state index < -0.39 is 43.3 Å². The molecule has 1 aromatic carbocycles. The van der Waals surface area contributed by atoms with Crippen molar-refractivity contribution in [1.82, 2.24) is 15.2 Å². The first-order valence-corrected chi connectivity index (χ1v) is 10.2. The smallest absolute Gasteiger partial charge is 0.268 e. The van der Waals surface area contributed by atoms with Gasteiger partial charge >= 0.3 is 0 Å². The van der Waals surface area contributed by atoms with E-state index in [0.29, 0.717) is 16.5 Å². The highest BCUT2D eigenvalue weighted by Crippen LogP contribution is 2.31. The van der Waals surface area contributed by atoms with Gasteiger partial charge in [-0.2, -0.15) is 5.26 Å². The average molecular weight is 429 g/mol. The Hall–Kier alpha value is -3.28. The molecular weight excluding hydrogens is 404 g/mol. The Morgan fingerprint density at radius 1 is 1.39 bits per heavy atom. The fourth-order valence-corrected chi connectivity index (χ4v) is 3.64. The van der Waals surface area contributed by atoms with Gasteiger partial charge in [0, 0.05) is 37.3 Å². The highest BCUT2D eigenvalue weighted by atomic mass is 19.3. The summed E-state index contributed by atoms with van der Waals surface area (Å²) in [4.78, 5) is 32.3. The number of halogens is 2. The third-order valence-electron chi connectivity index (χ3n) is 5.40. The molecule has 0 aliphatic carbocycles. The molecule has 7 nitrogen and oxygen atoms in total. The first kappa shape index (κ1) is 22.4. The second-order valence-corrected chi connectivity index (χ2v) is 7.74. The number of nitrogens with zero attached hydrogens (tertiary/aromatic N) is 4. The maximum atomic E-state index is 13.6. The maximum Gasteiger partial charge on any atom is 0.268 e. The SMILES string of the molecule is CCCCN(C)c1ccc2nccc(C(=O)NCC(=O)N3CC(F)(F)C[C@H]3C#N)c2c1. The van der Waals surface area contributed by atoms with Crippen molar-refractivity contribution in [1.29, 1.82) is 5.26 Å². The number of carbonyl (C=O) groups excluding carboxylic acids is 2. The molecule has 3 rings (SSSR count). The normalized spacial score (nSPS) is 17.4. The molecule has 1 saturated heterocycles. The molecule has 1 fully saturated rings. The summed E-state index contributed by atoms with van der Waals surface area (Å²) >= 11 is 0. The molecule has 0 spiro atoms. The van der Waals surface area contributed by atoms with Crippen molar-refractivity contribution in [2.75, 3.05) is 31.6 Å². The van der Waals surface area contributed by atoms with Crippen LogP contribution < -0.4 is 10.2 Å². The lowest BCUT2D eigenvalue weighted by molar-refractivity contribution is -0.131. The van der Waals surface area contributed by atoms with Crippen LogP contribution in [-0.2, 0) is 4.79 Å². The zero-order valence-electron chi connectivity index (χ0n) is 17.6.